The Morgan fingerprint density at radius 2 is 1.70 bits per heavy atom. The zero-order valence-corrected chi connectivity index (χ0v) is 36.5. The maximum atomic E-state index is 13.5. The maximum absolute atomic E-state index is 13.5. The summed E-state index contributed by atoms with van der Waals surface area (Å²) >= 11 is 6.49. The number of carbonyl (C=O) groups excluding carboxylic acids is 3. The van der Waals surface area contributed by atoms with Gasteiger partial charge in [-0.1, -0.05) is 35.9 Å². The number of piperidine rings is 1. The summed E-state index contributed by atoms with van der Waals surface area (Å²) in [5.41, 5.74) is 6.27. The Labute approximate surface area is 358 Å². The minimum atomic E-state index is -3.57. The van der Waals surface area contributed by atoms with Gasteiger partial charge in [0.15, 0.2) is 21.4 Å². The number of hydrogen-bond donors (Lipinski definition) is 2. The molecule has 1 aliphatic carbocycles. The van der Waals surface area contributed by atoms with Crippen LogP contribution in [-0.4, -0.2) is 83.2 Å². The Morgan fingerprint density at radius 1 is 0.933 bits per heavy atom. The predicted octanol–water partition coefficient (Wildman–Crippen LogP) is 8.75. The van der Waals surface area contributed by atoms with Crippen LogP contribution < -0.4 is 15.4 Å². The standard InChI is InChI=1S/C46H55ClN6O6S/c1-5-59-42-26-32(30(4)24-39(42)50-46-48-27-37(47)44(51-46)49-38-11-7-9-13-43(38)60(57,58)29(2)3)20-23-52-21-18-31(19-22-52)33-14-16-36-34(25-33)28-53(45(36)56)40-17-15-35(54)10-6-8-12-41(40)55/h7,9,11,13-14,16,24-27,29,31,40H,5-6,8,10,12,15,17-23,28H2,1-4H3,(H2,48,49,50,51). The Hall–Kier alpha value is -4.85. The van der Waals surface area contributed by atoms with Crippen LogP contribution in [0.4, 0.5) is 23.1 Å². The molecular formula is C46H55ClN6O6S. The van der Waals surface area contributed by atoms with E-state index in [-0.39, 0.29) is 39.2 Å². The van der Waals surface area contributed by atoms with Crippen LogP contribution in [0.1, 0.15) is 111 Å². The molecule has 60 heavy (non-hydrogen) atoms. The number of likely N-dealkylation sites (tertiary alicyclic amines) is 1. The van der Waals surface area contributed by atoms with Crippen LogP contribution in [0.25, 0.3) is 0 Å². The monoisotopic (exact) mass is 854 g/mol. The number of para-hydroxylation sites is 1. The van der Waals surface area contributed by atoms with Crippen molar-refractivity contribution in [3.63, 3.8) is 0 Å². The number of ketones is 2. The molecule has 7 rings (SSSR count). The van der Waals surface area contributed by atoms with E-state index < -0.39 is 21.1 Å². The first-order valence-corrected chi connectivity index (χ1v) is 23.1. The summed E-state index contributed by atoms with van der Waals surface area (Å²) < 4.78 is 32.2. The van der Waals surface area contributed by atoms with Gasteiger partial charge in [0.05, 0.1) is 40.4 Å². The molecule has 2 N–H and O–H groups in total. The molecular weight excluding hydrogens is 800 g/mol. The molecule has 318 valence electrons. The predicted molar refractivity (Wildman–Crippen MR) is 235 cm³/mol. The summed E-state index contributed by atoms with van der Waals surface area (Å²) in [5, 5.41) is 6.04. The zero-order valence-electron chi connectivity index (χ0n) is 34.9. The highest BCUT2D eigenvalue weighted by Gasteiger charge is 2.37. The lowest BCUT2D eigenvalue weighted by Crippen LogP contribution is -2.41. The van der Waals surface area contributed by atoms with E-state index in [4.69, 9.17) is 16.3 Å². The highest BCUT2D eigenvalue weighted by atomic mass is 35.5. The van der Waals surface area contributed by atoms with Gasteiger partial charge in [-0.25, -0.2) is 13.4 Å². The van der Waals surface area contributed by atoms with Gasteiger partial charge in [-0.3, -0.25) is 14.4 Å². The zero-order chi connectivity index (χ0) is 42.6. The van der Waals surface area contributed by atoms with Gasteiger partial charge in [0.2, 0.25) is 5.95 Å². The van der Waals surface area contributed by atoms with E-state index in [1.807, 2.05) is 19.1 Å². The number of nitrogens with zero attached hydrogens (tertiary/aromatic N) is 4. The van der Waals surface area contributed by atoms with E-state index in [1.165, 1.54) is 17.3 Å². The van der Waals surface area contributed by atoms with Crippen molar-refractivity contribution in [3.05, 3.63) is 93.6 Å². The molecule has 3 heterocycles. The Morgan fingerprint density at radius 3 is 2.47 bits per heavy atom. The van der Waals surface area contributed by atoms with Gasteiger partial charge in [-0.2, -0.15) is 4.98 Å². The van der Waals surface area contributed by atoms with Crippen molar-refractivity contribution in [2.24, 2.45) is 0 Å². The van der Waals surface area contributed by atoms with Crippen molar-refractivity contribution >= 4 is 62.1 Å². The van der Waals surface area contributed by atoms with E-state index >= 15 is 0 Å². The van der Waals surface area contributed by atoms with Crippen LogP contribution >= 0.6 is 11.6 Å². The molecule has 0 radical (unpaired) electrons. The van der Waals surface area contributed by atoms with Crippen LogP contribution in [0.2, 0.25) is 5.02 Å². The number of rotatable bonds is 13. The average Bonchev–Trinajstić information content (AvgIpc) is 3.59. The van der Waals surface area contributed by atoms with E-state index in [0.717, 1.165) is 56.4 Å². The lowest BCUT2D eigenvalue weighted by Gasteiger charge is -2.32. The Kier molecular flexibility index (Phi) is 13.6. The minimum Gasteiger partial charge on any atom is -0.492 e. The third kappa shape index (κ3) is 9.69. The number of anilines is 4. The van der Waals surface area contributed by atoms with E-state index in [0.29, 0.717) is 73.9 Å². The van der Waals surface area contributed by atoms with Crippen LogP contribution in [0.3, 0.4) is 0 Å². The van der Waals surface area contributed by atoms with Gasteiger partial charge in [-0.05, 0) is 138 Å². The van der Waals surface area contributed by atoms with Crippen LogP contribution in [0.15, 0.2) is 65.7 Å². The first kappa shape index (κ1) is 43.2. The molecule has 1 saturated carbocycles. The number of hydrogen-bond acceptors (Lipinski definition) is 11. The number of benzene rings is 3. The summed E-state index contributed by atoms with van der Waals surface area (Å²) in [6.07, 6.45) is 7.51. The number of carbonyl (C=O) groups is 3. The van der Waals surface area contributed by atoms with Crippen molar-refractivity contribution in [3.8, 4) is 5.75 Å². The summed E-state index contributed by atoms with van der Waals surface area (Å²) in [7, 11) is -3.57. The molecule has 0 bridgehead atoms. The number of fused-ring (bicyclic) bond motifs is 1. The van der Waals surface area contributed by atoms with Gasteiger partial charge < -0.3 is 25.2 Å². The number of aromatic nitrogens is 2. The Balaban J connectivity index is 0.967. The molecule has 1 unspecified atom stereocenters. The number of nitrogens with one attached hydrogen (secondary N) is 2. The molecule has 3 aliphatic rings. The second-order valence-electron chi connectivity index (χ2n) is 16.4. The summed E-state index contributed by atoms with van der Waals surface area (Å²) in [5.74, 6) is 1.77. The highest BCUT2D eigenvalue weighted by Crippen LogP contribution is 2.36. The molecule has 1 saturated heterocycles. The molecule has 12 nitrogen and oxygen atoms in total. The first-order chi connectivity index (χ1) is 28.8. The number of sulfone groups is 1. The molecule has 4 aromatic rings. The molecule has 1 atom stereocenters. The molecule has 1 amide bonds. The summed E-state index contributed by atoms with van der Waals surface area (Å²) in [6.45, 7) is 11.0. The second-order valence-corrected chi connectivity index (χ2v) is 19.3. The van der Waals surface area contributed by atoms with Gasteiger partial charge >= 0.3 is 0 Å². The number of amides is 1. The van der Waals surface area contributed by atoms with E-state index in [1.54, 1.807) is 43.0 Å². The van der Waals surface area contributed by atoms with Gasteiger partial charge in [0.25, 0.3) is 5.91 Å². The Bertz CT molecular complexity index is 2360. The van der Waals surface area contributed by atoms with Crippen LogP contribution in [-0.2, 0) is 32.4 Å². The van der Waals surface area contributed by atoms with Crippen molar-refractivity contribution in [2.75, 3.05) is 36.9 Å². The van der Waals surface area contributed by atoms with Crippen LogP contribution in [0.5, 0.6) is 5.75 Å². The van der Waals surface area contributed by atoms with Gasteiger partial charge in [0, 0.05) is 37.9 Å². The van der Waals surface area contributed by atoms with Crippen molar-refractivity contribution in [1.29, 1.82) is 0 Å². The molecule has 2 fully saturated rings. The molecule has 3 aromatic carbocycles. The third-order valence-electron chi connectivity index (χ3n) is 12.1. The fourth-order valence-corrected chi connectivity index (χ4v) is 9.89. The maximum Gasteiger partial charge on any atom is 0.255 e. The number of aryl methyl sites for hydroxylation is 1. The SMILES string of the molecule is CCOc1cc(CCN2CCC(c3ccc4c(c3)CN(C3CCC(=O)CCCCC3=O)C4=O)CC2)c(C)cc1Nc1ncc(Cl)c(Nc2ccccc2S(=O)(=O)C(C)C)n1. The van der Waals surface area contributed by atoms with Gasteiger partial charge in [0.1, 0.15) is 16.6 Å². The molecule has 1 aromatic heterocycles. The largest absolute Gasteiger partial charge is 0.492 e. The third-order valence-corrected chi connectivity index (χ3v) is 14.6. The average molecular weight is 856 g/mol. The smallest absolute Gasteiger partial charge is 0.255 e. The fraction of sp³-hybridized carbons (Fsp3) is 0.457. The lowest BCUT2D eigenvalue weighted by atomic mass is 9.87. The van der Waals surface area contributed by atoms with E-state index in [9.17, 15) is 22.8 Å². The van der Waals surface area contributed by atoms with E-state index in [2.05, 4.69) is 50.6 Å². The quantitative estimate of drug-likeness (QED) is 0.133. The number of ether oxygens (including phenoxy) is 1. The lowest BCUT2D eigenvalue weighted by molar-refractivity contribution is -0.124. The van der Waals surface area contributed by atoms with Crippen molar-refractivity contribution in [1.82, 2.24) is 19.8 Å². The van der Waals surface area contributed by atoms with Crippen LogP contribution in [0, 0.1) is 6.92 Å². The van der Waals surface area contributed by atoms with Crippen molar-refractivity contribution < 1.29 is 27.5 Å². The number of Topliss-reactive ketones (excluding diaryl/α,β-unsaturated/α-hetero) is 2. The summed E-state index contributed by atoms with van der Waals surface area (Å²) in [6, 6.07) is 16.5. The van der Waals surface area contributed by atoms with Gasteiger partial charge in [-0.15, -0.1) is 0 Å². The first-order valence-electron chi connectivity index (χ1n) is 21.2. The van der Waals surface area contributed by atoms with Crippen molar-refractivity contribution in [2.45, 2.75) is 114 Å². The highest BCUT2D eigenvalue weighted by molar-refractivity contribution is 7.92. The molecule has 0 spiro atoms. The minimum absolute atomic E-state index is 0.0772. The topological polar surface area (TPSA) is 151 Å². The normalized spacial score (nSPS) is 18.3. The molecule has 14 heteroatoms. The second kappa shape index (κ2) is 18.8. The molecule has 2 aliphatic heterocycles. The fourth-order valence-electron chi connectivity index (χ4n) is 8.55. The number of halogens is 1. The summed E-state index contributed by atoms with van der Waals surface area (Å²) in [4.78, 5) is 52.3.